The van der Waals surface area contributed by atoms with E-state index in [9.17, 15) is 5.11 Å². The largest absolute Gasteiger partial charge is 0.508 e. The lowest BCUT2D eigenvalue weighted by Crippen LogP contribution is -2.08. The number of halogens is 3. The van der Waals surface area contributed by atoms with E-state index in [0.717, 1.165) is 22.4 Å². The maximum absolute atomic E-state index is 9.71. The lowest BCUT2D eigenvalue weighted by molar-refractivity contribution is 0.470. The van der Waals surface area contributed by atoms with Crippen LogP contribution in [0.25, 0.3) is 0 Å². The van der Waals surface area contributed by atoms with Crippen molar-refractivity contribution in [1.29, 1.82) is 0 Å². The molecule has 0 saturated carbocycles. The molecule has 2 aromatic carbocycles. The molecule has 21 heavy (non-hydrogen) atoms. The summed E-state index contributed by atoms with van der Waals surface area (Å²) in [5, 5.41) is 14.3. The highest BCUT2D eigenvalue weighted by Crippen LogP contribution is 2.37. The summed E-state index contributed by atoms with van der Waals surface area (Å²) < 4.78 is 0. The predicted octanol–water partition coefficient (Wildman–Crippen LogP) is 6.14. The van der Waals surface area contributed by atoms with Gasteiger partial charge >= 0.3 is 0 Å². The van der Waals surface area contributed by atoms with Crippen LogP contribution in [0.4, 0.5) is 5.69 Å². The second-order valence-electron chi connectivity index (χ2n) is 5.08. The van der Waals surface area contributed by atoms with Crippen LogP contribution in [-0.2, 0) is 0 Å². The molecule has 2 rings (SSSR count). The summed E-state index contributed by atoms with van der Waals surface area (Å²) in [6.45, 7) is 5.79. The van der Waals surface area contributed by atoms with Crippen molar-refractivity contribution in [2.24, 2.45) is 0 Å². The van der Waals surface area contributed by atoms with E-state index in [1.807, 2.05) is 32.9 Å². The molecule has 0 saturated heterocycles. The minimum atomic E-state index is -0.0464. The molecule has 2 nitrogen and oxygen atoms in total. The van der Waals surface area contributed by atoms with Gasteiger partial charge in [-0.15, -0.1) is 0 Å². The van der Waals surface area contributed by atoms with Gasteiger partial charge in [0.1, 0.15) is 5.75 Å². The third kappa shape index (κ3) is 3.39. The van der Waals surface area contributed by atoms with Crippen LogP contribution in [0.5, 0.6) is 5.75 Å². The zero-order valence-corrected chi connectivity index (χ0v) is 14.2. The van der Waals surface area contributed by atoms with Crippen LogP contribution in [-0.4, -0.2) is 5.11 Å². The van der Waals surface area contributed by atoms with Crippen molar-refractivity contribution >= 4 is 40.5 Å². The van der Waals surface area contributed by atoms with Gasteiger partial charge in [-0.1, -0.05) is 40.9 Å². The van der Waals surface area contributed by atoms with Crippen molar-refractivity contribution in [3.63, 3.8) is 0 Å². The molecule has 2 aromatic rings. The molecule has 0 spiro atoms. The van der Waals surface area contributed by atoms with Crippen LogP contribution < -0.4 is 5.32 Å². The third-order valence-electron chi connectivity index (χ3n) is 3.45. The highest BCUT2D eigenvalue weighted by molar-refractivity contribution is 6.48. The molecule has 2 N–H and O–H groups in total. The minimum Gasteiger partial charge on any atom is -0.508 e. The molecule has 112 valence electrons. The Kier molecular flexibility index (Phi) is 4.92. The highest BCUT2D eigenvalue weighted by atomic mass is 35.5. The number of hydrogen-bond acceptors (Lipinski definition) is 2. The number of phenolic OH excluding ortho intramolecular Hbond substituents is 1. The van der Waals surface area contributed by atoms with Gasteiger partial charge in [0.05, 0.1) is 21.1 Å². The topological polar surface area (TPSA) is 32.3 Å². The van der Waals surface area contributed by atoms with Crippen LogP contribution in [0.15, 0.2) is 24.3 Å². The fourth-order valence-corrected chi connectivity index (χ4v) is 2.85. The first kappa shape index (κ1) is 16.3. The summed E-state index contributed by atoms with van der Waals surface area (Å²) in [6.07, 6.45) is 0. The van der Waals surface area contributed by atoms with Crippen molar-refractivity contribution in [3.05, 3.63) is 56.0 Å². The van der Waals surface area contributed by atoms with Gasteiger partial charge in [0.2, 0.25) is 0 Å². The Morgan fingerprint density at radius 3 is 2.33 bits per heavy atom. The maximum Gasteiger partial charge on any atom is 0.118 e. The Labute approximate surface area is 139 Å². The molecule has 0 radical (unpaired) electrons. The monoisotopic (exact) mass is 343 g/mol. The van der Waals surface area contributed by atoms with Gasteiger partial charge in [-0.05, 0) is 55.7 Å². The Morgan fingerprint density at radius 1 is 1.00 bits per heavy atom. The highest BCUT2D eigenvalue weighted by Gasteiger charge is 2.15. The standard InChI is InChI=1S/C16H16Cl3NO/c1-8-7-14(21)9(2)6-13(8)20-10(3)11-4-5-12(17)16(19)15(11)18/h4-7,10,20-21H,1-3H3. The fraction of sp³-hybridized carbons (Fsp3) is 0.250. The zero-order valence-electron chi connectivity index (χ0n) is 12.0. The van der Waals surface area contributed by atoms with Crippen LogP contribution >= 0.6 is 34.8 Å². The van der Waals surface area contributed by atoms with Crippen LogP contribution in [0, 0.1) is 13.8 Å². The van der Waals surface area contributed by atoms with Gasteiger partial charge in [0, 0.05) is 5.69 Å². The number of rotatable bonds is 3. The quantitative estimate of drug-likeness (QED) is 0.517. The molecule has 0 bridgehead atoms. The molecular weight excluding hydrogens is 329 g/mol. The Bertz CT molecular complexity index is 686. The molecule has 0 aliphatic carbocycles. The van der Waals surface area contributed by atoms with E-state index < -0.39 is 0 Å². The Balaban J connectivity index is 2.32. The average molecular weight is 345 g/mol. The second kappa shape index (κ2) is 6.35. The number of aryl methyl sites for hydroxylation is 2. The number of phenols is 1. The van der Waals surface area contributed by atoms with E-state index in [1.54, 1.807) is 12.1 Å². The Hall–Kier alpha value is -1.09. The smallest absolute Gasteiger partial charge is 0.118 e. The van der Waals surface area contributed by atoms with Crippen LogP contribution in [0.1, 0.15) is 29.7 Å². The molecule has 0 heterocycles. The first-order chi connectivity index (χ1) is 9.81. The molecule has 0 fully saturated rings. The lowest BCUT2D eigenvalue weighted by Gasteiger charge is -2.20. The van der Waals surface area contributed by atoms with Gasteiger partial charge in [-0.3, -0.25) is 0 Å². The van der Waals surface area contributed by atoms with E-state index in [0.29, 0.717) is 20.8 Å². The van der Waals surface area contributed by atoms with Crippen LogP contribution in [0.2, 0.25) is 15.1 Å². The molecule has 1 atom stereocenters. The summed E-state index contributed by atoms with van der Waals surface area (Å²) in [5.74, 6) is 0.290. The summed E-state index contributed by atoms with van der Waals surface area (Å²) in [7, 11) is 0. The van der Waals surface area contributed by atoms with Gasteiger partial charge in [-0.2, -0.15) is 0 Å². The molecule has 5 heteroatoms. The van der Waals surface area contributed by atoms with Crippen molar-refractivity contribution in [2.45, 2.75) is 26.8 Å². The zero-order chi connectivity index (χ0) is 15.7. The molecule has 0 aromatic heterocycles. The first-order valence-electron chi connectivity index (χ1n) is 6.51. The normalized spacial score (nSPS) is 12.3. The molecular formula is C16H16Cl3NO. The minimum absolute atomic E-state index is 0.0464. The third-order valence-corrected chi connectivity index (χ3v) is 4.75. The van der Waals surface area contributed by atoms with E-state index in [1.165, 1.54) is 0 Å². The Morgan fingerprint density at radius 2 is 1.67 bits per heavy atom. The second-order valence-corrected chi connectivity index (χ2v) is 6.25. The predicted molar refractivity (Wildman–Crippen MR) is 91.1 cm³/mol. The van der Waals surface area contributed by atoms with Crippen molar-refractivity contribution < 1.29 is 5.11 Å². The van der Waals surface area contributed by atoms with Crippen LogP contribution in [0.3, 0.4) is 0 Å². The first-order valence-corrected chi connectivity index (χ1v) is 7.64. The summed E-state index contributed by atoms with van der Waals surface area (Å²) in [6, 6.07) is 7.19. The van der Waals surface area contributed by atoms with Crippen molar-refractivity contribution in [1.82, 2.24) is 0 Å². The van der Waals surface area contributed by atoms with E-state index in [2.05, 4.69) is 5.32 Å². The van der Waals surface area contributed by atoms with Gasteiger partial charge in [0.25, 0.3) is 0 Å². The molecule has 0 aliphatic rings. The molecule has 1 unspecified atom stereocenters. The lowest BCUT2D eigenvalue weighted by atomic mass is 10.1. The van der Waals surface area contributed by atoms with Gasteiger partial charge < -0.3 is 10.4 Å². The van der Waals surface area contributed by atoms with Gasteiger partial charge in [0.15, 0.2) is 0 Å². The summed E-state index contributed by atoms with van der Waals surface area (Å²) >= 11 is 18.3. The van der Waals surface area contributed by atoms with E-state index in [-0.39, 0.29) is 6.04 Å². The van der Waals surface area contributed by atoms with Crippen molar-refractivity contribution in [2.75, 3.05) is 5.32 Å². The summed E-state index contributed by atoms with van der Waals surface area (Å²) in [5.41, 5.74) is 3.59. The number of aromatic hydroxyl groups is 1. The SMILES string of the molecule is Cc1cc(NC(C)c2ccc(Cl)c(Cl)c2Cl)c(C)cc1O. The number of benzene rings is 2. The molecule has 0 amide bonds. The van der Waals surface area contributed by atoms with E-state index in [4.69, 9.17) is 34.8 Å². The summed E-state index contributed by atoms with van der Waals surface area (Å²) in [4.78, 5) is 0. The van der Waals surface area contributed by atoms with Gasteiger partial charge in [-0.25, -0.2) is 0 Å². The number of anilines is 1. The average Bonchev–Trinajstić information content (AvgIpc) is 2.42. The maximum atomic E-state index is 9.71. The fourth-order valence-electron chi connectivity index (χ4n) is 2.14. The van der Waals surface area contributed by atoms with Crippen molar-refractivity contribution in [3.8, 4) is 5.75 Å². The molecule has 0 aliphatic heterocycles. The number of hydrogen-bond donors (Lipinski definition) is 2. The van der Waals surface area contributed by atoms with E-state index >= 15 is 0 Å². The number of nitrogens with one attached hydrogen (secondary N) is 1.